The minimum atomic E-state index is 0.354. The van der Waals surface area contributed by atoms with Crippen LogP contribution in [-0.2, 0) is 6.54 Å². The fraction of sp³-hybridized carbons (Fsp3) is 0.400. The quantitative estimate of drug-likeness (QED) is 0.612. The Morgan fingerprint density at radius 2 is 1.88 bits per heavy atom. The lowest BCUT2D eigenvalue weighted by atomic mass is 10.0. The van der Waals surface area contributed by atoms with Crippen molar-refractivity contribution >= 4 is 15.9 Å². The van der Waals surface area contributed by atoms with Crippen molar-refractivity contribution in [1.29, 1.82) is 0 Å². The average molecular weight is 392 g/mol. The monoisotopic (exact) mass is 391 g/mol. The standard InChI is InChI=1S/C20H26BrNO2/c1-4-9-18(16-10-7-6-8-11-16)22-14-15-12-17(21)20(23-3)19(13-15)24-5-2/h6-8,10-13,18,22H,4-5,9,14H2,1-3H3. The van der Waals surface area contributed by atoms with Gasteiger partial charge in [0.05, 0.1) is 18.2 Å². The van der Waals surface area contributed by atoms with Crippen LogP contribution in [-0.4, -0.2) is 13.7 Å². The number of benzene rings is 2. The molecule has 1 N–H and O–H groups in total. The van der Waals surface area contributed by atoms with E-state index in [0.717, 1.165) is 35.4 Å². The number of methoxy groups -OCH3 is 1. The van der Waals surface area contributed by atoms with E-state index in [0.29, 0.717) is 12.6 Å². The second-order valence-electron chi connectivity index (χ2n) is 5.67. The topological polar surface area (TPSA) is 30.5 Å². The number of ether oxygens (including phenoxy) is 2. The number of rotatable bonds is 9. The van der Waals surface area contributed by atoms with Gasteiger partial charge in [0.15, 0.2) is 11.5 Å². The summed E-state index contributed by atoms with van der Waals surface area (Å²) in [5.41, 5.74) is 2.50. The lowest BCUT2D eigenvalue weighted by molar-refractivity contribution is 0.309. The van der Waals surface area contributed by atoms with Gasteiger partial charge in [-0.3, -0.25) is 0 Å². The number of hydrogen-bond donors (Lipinski definition) is 1. The van der Waals surface area contributed by atoms with Gasteiger partial charge in [-0.15, -0.1) is 0 Å². The summed E-state index contributed by atoms with van der Waals surface area (Å²) < 4.78 is 12.0. The molecule has 0 amide bonds. The van der Waals surface area contributed by atoms with Gasteiger partial charge in [-0.2, -0.15) is 0 Å². The van der Waals surface area contributed by atoms with E-state index in [1.54, 1.807) is 7.11 Å². The fourth-order valence-corrected chi connectivity index (χ4v) is 3.44. The summed E-state index contributed by atoms with van der Waals surface area (Å²) in [6.45, 7) is 5.59. The zero-order chi connectivity index (χ0) is 17.4. The first-order valence-corrected chi connectivity index (χ1v) is 9.26. The van der Waals surface area contributed by atoms with Gasteiger partial charge < -0.3 is 14.8 Å². The highest BCUT2D eigenvalue weighted by molar-refractivity contribution is 9.10. The average Bonchev–Trinajstić information content (AvgIpc) is 2.59. The highest BCUT2D eigenvalue weighted by atomic mass is 79.9. The second-order valence-corrected chi connectivity index (χ2v) is 6.53. The van der Waals surface area contributed by atoms with Crippen LogP contribution in [0, 0.1) is 0 Å². The van der Waals surface area contributed by atoms with Gasteiger partial charge in [0.25, 0.3) is 0 Å². The Labute approximate surface area is 153 Å². The van der Waals surface area contributed by atoms with Crippen molar-refractivity contribution < 1.29 is 9.47 Å². The SMILES string of the molecule is CCCC(NCc1cc(Br)c(OC)c(OCC)c1)c1ccccc1. The van der Waals surface area contributed by atoms with Gasteiger partial charge >= 0.3 is 0 Å². The van der Waals surface area contributed by atoms with Gasteiger partial charge in [-0.25, -0.2) is 0 Å². The van der Waals surface area contributed by atoms with Crippen molar-refractivity contribution in [1.82, 2.24) is 5.32 Å². The molecule has 0 aliphatic rings. The molecule has 0 aliphatic heterocycles. The Morgan fingerprint density at radius 3 is 2.50 bits per heavy atom. The van der Waals surface area contributed by atoms with Crippen LogP contribution in [0.1, 0.15) is 43.9 Å². The molecule has 1 unspecified atom stereocenters. The molecule has 0 saturated carbocycles. The molecule has 0 fully saturated rings. The highest BCUT2D eigenvalue weighted by Crippen LogP contribution is 2.36. The Hall–Kier alpha value is -1.52. The fourth-order valence-electron chi connectivity index (χ4n) is 2.79. The number of hydrogen-bond acceptors (Lipinski definition) is 3. The van der Waals surface area contributed by atoms with Crippen molar-refractivity contribution in [2.75, 3.05) is 13.7 Å². The Morgan fingerprint density at radius 1 is 1.12 bits per heavy atom. The van der Waals surface area contributed by atoms with E-state index in [1.807, 2.05) is 13.0 Å². The van der Waals surface area contributed by atoms with Gasteiger partial charge in [-0.05, 0) is 52.5 Å². The number of nitrogens with one attached hydrogen (secondary N) is 1. The van der Waals surface area contributed by atoms with Crippen molar-refractivity contribution in [2.24, 2.45) is 0 Å². The summed E-state index contributed by atoms with van der Waals surface area (Å²) >= 11 is 3.58. The molecular weight excluding hydrogens is 366 g/mol. The zero-order valence-electron chi connectivity index (χ0n) is 14.6. The van der Waals surface area contributed by atoms with Crippen molar-refractivity contribution in [2.45, 2.75) is 39.3 Å². The summed E-state index contributed by atoms with van der Waals surface area (Å²) in [5.74, 6) is 1.52. The molecule has 0 aromatic heterocycles. The maximum Gasteiger partial charge on any atom is 0.174 e. The summed E-state index contributed by atoms with van der Waals surface area (Å²) in [4.78, 5) is 0. The van der Waals surface area contributed by atoms with Crippen LogP contribution in [0.15, 0.2) is 46.9 Å². The first kappa shape index (κ1) is 18.8. The highest BCUT2D eigenvalue weighted by Gasteiger charge is 2.13. The summed E-state index contributed by atoms with van der Waals surface area (Å²) in [7, 11) is 1.66. The molecule has 0 bridgehead atoms. The molecule has 0 radical (unpaired) electrons. The van der Waals surface area contributed by atoms with E-state index < -0.39 is 0 Å². The van der Waals surface area contributed by atoms with E-state index in [9.17, 15) is 0 Å². The van der Waals surface area contributed by atoms with Crippen LogP contribution < -0.4 is 14.8 Å². The first-order valence-electron chi connectivity index (χ1n) is 8.47. The van der Waals surface area contributed by atoms with E-state index in [4.69, 9.17) is 9.47 Å². The second kappa shape index (κ2) is 9.70. The predicted molar refractivity (Wildman–Crippen MR) is 103 cm³/mol. The molecule has 2 aromatic rings. The number of halogens is 1. The molecule has 3 nitrogen and oxygen atoms in total. The molecular formula is C20H26BrNO2. The lowest BCUT2D eigenvalue weighted by Gasteiger charge is -2.20. The minimum absolute atomic E-state index is 0.354. The molecule has 2 aromatic carbocycles. The normalized spacial score (nSPS) is 12.0. The largest absolute Gasteiger partial charge is 0.492 e. The maximum atomic E-state index is 5.71. The summed E-state index contributed by atoms with van der Waals surface area (Å²) in [6, 6.07) is 15.1. The third kappa shape index (κ3) is 4.99. The maximum absolute atomic E-state index is 5.71. The molecule has 24 heavy (non-hydrogen) atoms. The Kier molecular flexibility index (Phi) is 7.60. The summed E-state index contributed by atoms with van der Waals surface area (Å²) in [5, 5.41) is 3.67. The van der Waals surface area contributed by atoms with Crippen LogP contribution in [0.5, 0.6) is 11.5 Å². The Bertz CT molecular complexity index is 631. The van der Waals surface area contributed by atoms with Crippen molar-refractivity contribution in [3.8, 4) is 11.5 Å². The molecule has 0 aliphatic carbocycles. The van der Waals surface area contributed by atoms with Crippen LogP contribution in [0.2, 0.25) is 0 Å². The predicted octanol–water partition coefficient (Wildman–Crippen LogP) is 5.49. The van der Waals surface area contributed by atoms with E-state index in [1.165, 1.54) is 11.1 Å². The van der Waals surface area contributed by atoms with Gasteiger partial charge in [0.2, 0.25) is 0 Å². The van der Waals surface area contributed by atoms with Gasteiger partial charge in [0, 0.05) is 12.6 Å². The smallest absolute Gasteiger partial charge is 0.174 e. The van der Waals surface area contributed by atoms with Crippen LogP contribution in [0.25, 0.3) is 0 Å². The van der Waals surface area contributed by atoms with Crippen molar-refractivity contribution in [3.05, 3.63) is 58.1 Å². The Balaban J connectivity index is 2.14. The molecule has 0 heterocycles. The molecule has 1 atom stereocenters. The molecule has 0 saturated heterocycles. The molecule has 130 valence electrons. The van der Waals surface area contributed by atoms with E-state index in [-0.39, 0.29) is 0 Å². The summed E-state index contributed by atoms with van der Waals surface area (Å²) in [6.07, 6.45) is 2.25. The minimum Gasteiger partial charge on any atom is -0.492 e. The molecule has 2 rings (SSSR count). The molecule has 4 heteroatoms. The van der Waals surface area contributed by atoms with Crippen molar-refractivity contribution in [3.63, 3.8) is 0 Å². The van der Waals surface area contributed by atoms with Crippen LogP contribution in [0.4, 0.5) is 0 Å². The zero-order valence-corrected chi connectivity index (χ0v) is 16.2. The van der Waals surface area contributed by atoms with E-state index in [2.05, 4.69) is 64.6 Å². The van der Waals surface area contributed by atoms with E-state index >= 15 is 0 Å². The van der Waals surface area contributed by atoms with Crippen LogP contribution in [0.3, 0.4) is 0 Å². The molecule has 0 spiro atoms. The third-order valence-corrected chi connectivity index (χ3v) is 4.49. The first-order chi connectivity index (χ1) is 11.7. The van der Waals surface area contributed by atoms with Gasteiger partial charge in [0.1, 0.15) is 0 Å². The van der Waals surface area contributed by atoms with Gasteiger partial charge in [-0.1, -0.05) is 43.7 Å². The third-order valence-electron chi connectivity index (χ3n) is 3.91. The van der Waals surface area contributed by atoms with Crippen LogP contribution >= 0.6 is 15.9 Å². The lowest BCUT2D eigenvalue weighted by Crippen LogP contribution is -2.21.